The van der Waals surface area contributed by atoms with E-state index in [0.29, 0.717) is 33.8 Å². The van der Waals surface area contributed by atoms with Gasteiger partial charge in [-0.15, -0.1) is 5.10 Å². The Morgan fingerprint density at radius 2 is 1.79 bits per heavy atom. The highest BCUT2D eigenvalue weighted by Gasteiger charge is 2.28. The van der Waals surface area contributed by atoms with Crippen LogP contribution in [0.4, 0.5) is 0 Å². The first-order valence-corrected chi connectivity index (χ1v) is 10.8. The van der Waals surface area contributed by atoms with Gasteiger partial charge in [0, 0.05) is 5.39 Å². The van der Waals surface area contributed by atoms with Crippen LogP contribution in [0, 0.1) is 0 Å². The van der Waals surface area contributed by atoms with Crippen LogP contribution >= 0.6 is 0 Å². The summed E-state index contributed by atoms with van der Waals surface area (Å²) < 4.78 is 12.1. The van der Waals surface area contributed by atoms with Gasteiger partial charge in [-0.2, -0.15) is 4.68 Å². The maximum atomic E-state index is 13.3. The molecule has 0 atom stereocenters. The molecule has 6 rings (SSSR count). The average molecular weight is 450 g/mol. The molecule has 3 aromatic heterocycles. The highest BCUT2D eigenvalue weighted by Crippen LogP contribution is 2.37. The van der Waals surface area contributed by atoms with Gasteiger partial charge in [0.2, 0.25) is 0 Å². The van der Waals surface area contributed by atoms with Crippen LogP contribution in [0.15, 0.2) is 76.1 Å². The molecule has 8 heteroatoms. The van der Waals surface area contributed by atoms with Crippen LogP contribution in [0.2, 0.25) is 0 Å². The summed E-state index contributed by atoms with van der Waals surface area (Å²) in [5, 5.41) is 9.07. The maximum Gasteiger partial charge on any atom is 0.340 e. The maximum absolute atomic E-state index is 13.3. The monoisotopic (exact) mass is 450 g/mol. The number of allylic oxidation sites excluding steroid dienone is 1. The third-order valence-corrected chi connectivity index (χ3v) is 5.95. The highest BCUT2D eigenvalue weighted by molar-refractivity contribution is 6.07. The van der Waals surface area contributed by atoms with Crippen LogP contribution in [0.25, 0.3) is 33.5 Å². The third-order valence-electron chi connectivity index (χ3n) is 5.95. The Balaban J connectivity index is 1.38. The van der Waals surface area contributed by atoms with Crippen LogP contribution in [0.1, 0.15) is 33.8 Å². The van der Waals surface area contributed by atoms with Gasteiger partial charge in [0.15, 0.2) is 6.73 Å². The largest absolute Gasteiger partial charge is 0.465 e. The Labute approximate surface area is 193 Å². The van der Waals surface area contributed by atoms with Crippen molar-refractivity contribution in [1.82, 2.24) is 20.0 Å². The lowest BCUT2D eigenvalue weighted by Gasteiger charge is -2.12. The number of hydrogen-bond acceptors (Lipinski definition) is 7. The predicted molar refractivity (Wildman–Crippen MR) is 126 cm³/mol. The van der Waals surface area contributed by atoms with Crippen molar-refractivity contribution in [2.75, 3.05) is 0 Å². The molecule has 0 saturated heterocycles. The Hall–Kier alpha value is -4.59. The SMILES string of the molecule is O=C(OCn1nnc2ccccc2c1=O)c1c2c(nc3ccccc13)/C(=C\c1ccco1)CC2. The molecule has 0 saturated carbocycles. The molecule has 166 valence electrons. The van der Waals surface area contributed by atoms with Crippen LogP contribution < -0.4 is 5.56 Å². The van der Waals surface area contributed by atoms with E-state index in [0.717, 1.165) is 33.7 Å². The summed E-state index contributed by atoms with van der Waals surface area (Å²) in [6.07, 6.45) is 4.96. The van der Waals surface area contributed by atoms with Crippen molar-refractivity contribution in [3.63, 3.8) is 0 Å². The van der Waals surface area contributed by atoms with Crippen molar-refractivity contribution >= 4 is 39.4 Å². The van der Waals surface area contributed by atoms with E-state index in [2.05, 4.69) is 10.3 Å². The van der Waals surface area contributed by atoms with E-state index in [1.54, 1.807) is 30.5 Å². The van der Waals surface area contributed by atoms with Gasteiger partial charge in [-0.25, -0.2) is 9.78 Å². The van der Waals surface area contributed by atoms with E-state index in [4.69, 9.17) is 14.1 Å². The number of carbonyl (C=O) groups excluding carboxylic acids is 1. The standard InChI is InChI=1S/C26H18N4O4/c31-25-19-8-2-4-10-22(19)28-29-30(25)15-34-26(32)23-18-7-1-3-9-21(18)27-24-16(11-12-20(23)24)14-17-6-5-13-33-17/h1-10,13-14H,11-12,15H2/b16-14-. The van der Waals surface area contributed by atoms with Gasteiger partial charge >= 0.3 is 5.97 Å². The third kappa shape index (κ3) is 3.36. The number of rotatable bonds is 4. The fourth-order valence-electron chi connectivity index (χ4n) is 4.36. The van der Waals surface area contributed by atoms with E-state index >= 15 is 0 Å². The van der Waals surface area contributed by atoms with Crippen molar-refractivity contribution in [1.29, 1.82) is 0 Å². The molecule has 0 spiro atoms. The number of aromatic nitrogens is 4. The normalized spacial score (nSPS) is 14.1. The molecule has 0 amide bonds. The molecule has 0 unspecified atom stereocenters. The molecule has 0 fully saturated rings. The Bertz CT molecular complexity index is 1650. The molecule has 0 aliphatic heterocycles. The summed E-state index contributed by atoms with van der Waals surface area (Å²) in [6, 6.07) is 18.1. The second kappa shape index (κ2) is 8.08. The van der Waals surface area contributed by atoms with Gasteiger partial charge in [0.1, 0.15) is 11.3 Å². The van der Waals surface area contributed by atoms with E-state index < -0.39 is 5.97 Å². The molecule has 5 aromatic rings. The molecule has 1 aliphatic carbocycles. The van der Waals surface area contributed by atoms with E-state index in [-0.39, 0.29) is 12.3 Å². The van der Waals surface area contributed by atoms with Gasteiger partial charge in [-0.1, -0.05) is 35.5 Å². The van der Waals surface area contributed by atoms with Gasteiger partial charge in [0.25, 0.3) is 5.56 Å². The minimum Gasteiger partial charge on any atom is -0.465 e. The Morgan fingerprint density at radius 3 is 2.62 bits per heavy atom. The Morgan fingerprint density at radius 1 is 1.00 bits per heavy atom. The van der Waals surface area contributed by atoms with Crippen molar-refractivity contribution in [3.05, 3.63) is 99.9 Å². The first-order chi connectivity index (χ1) is 16.7. The number of nitrogens with zero attached hydrogens (tertiary/aromatic N) is 4. The zero-order chi connectivity index (χ0) is 23.1. The summed E-state index contributed by atoms with van der Waals surface area (Å²) in [6.45, 7) is -0.337. The second-order valence-electron chi connectivity index (χ2n) is 7.99. The van der Waals surface area contributed by atoms with Crippen LogP contribution in [-0.4, -0.2) is 25.9 Å². The van der Waals surface area contributed by atoms with E-state index in [9.17, 15) is 9.59 Å². The lowest BCUT2D eigenvalue weighted by atomic mass is 10.0. The summed E-state index contributed by atoms with van der Waals surface area (Å²) in [5.74, 6) is 0.201. The first-order valence-electron chi connectivity index (χ1n) is 10.8. The lowest BCUT2D eigenvalue weighted by Crippen LogP contribution is -2.26. The summed E-state index contributed by atoms with van der Waals surface area (Å²) in [7, 11) is 0. The minimum absolute atomic E-state index is 0.337. The number of furan rings is 1. The average Bonchev–Trinajstić information content (AvgIpc) is 3.52. The molecule has 1 aliphatic rings. The fraction of sp³-hybridized carbons (Fsp3) is 0.115. The number of benzene rings is 2. The smallest absolute Gasteiger partial charge is 0.340 e. The molecular weight excluding hydrogens is 432 g/mol. The van der Waals surface area contributed by atoms with E-state index in [1.165, 1.54) is 0 Å². The molecule has 34 heavy (non-hydrogen) atoms. The summed E-state index contributed by atoms with van der Waals surface area (Å²) in [4.78, 5) is 30.9. The molecule has 8 nitrogen and oxygen atoms in total. The minimum atomic E-state index is -0.532. The van der Waals surface area contributed by atoms with Gasteiger partial charge in [-0.05, 0) is 60.4 Å². The van der Waals surface area contributed by atoms with Crippen LogP contribution in [-0.2, 0) is 17.9 Å². The van der Waals surface area contributed by atoms with Crippen molar-refractivity contribution in [2.24, 2.45) is 0 Å². The predicted octanol–water partition coefficient (Wildman–Crippen LogP) is 4.23. The van der Waals surface area contributed by atoms with E-state index in [1.807, 2.05) is 42.5 Å². The van der Waals surface area contributed by atoms with Gasteiger partial charge < -0.3 is 9.15 Å². The lowest BCUT2D eigenvalue weighted by molar-refractivity contribution is 0.0337. The van der Waals surface area contributed by atoms with Crippen LogP contribution in [0.3, 0.4) is 0 Å². The molecule has 2 aromatic carbocycles. The summed E-state index contributed by atoms with van der Waals surface area (Å²) in [5.41, 5.74) is 3.88. The summed E-state index contributed by atoms with van der Waals surface area (Å²) >= 11 is 0. The molecular formula is C26H18N4O4. The highest BCUT2D eigenvalue weighted by atomic mass is 16.5. The molecule has 0 radical (unpaired) electrons. The van der Waals surface area contributed by atoms with Gasteiger partial charge in [-0.3, -0.25) is 4.79 Å². The molecule has 0 bridgehead atoms. The van der Waals surface area contributed by atoms with Crippen molar-refractivity contribution < 1.29 is 13.9 Å². The molecule has 0 N–H and O–H groups in total. The first kappa shape index (κ1) is 20.0. The zero-order valence-electron chi connectivity index (χ0n) is 18.0. The fourth-order valence-corrected chi connectivity index (χ4v) is 4.36. The zero-order valence-corrected chi connectivity index (χ0v) is 18.0. The Kier molecular flexibility index (Phi) is 4.76. The van der Waals surface area contributed by atoms with Crippen LogP contribution in [0.5, 0.6) is 0 Å². The number of esters is 1. The number of carbonyl (C=O) groups is 1. The molecule has 3 heterocycles. The number of hydrogen-bond donors (Lipinski definition) is 0. The second-order valence-corrected chi connectivity index (χ2v) is 7.99. The van der Waals surface area contributed by atoms with Crippen molar-refractivity contribution in [3.8, 4) is 0 Å². The number of pyridine rings is 1. The number of fused-ring (bicyclic) bond motifs is 3. The number of para-hydroxylation sites is 1. The van der Waals surface area contributed by atoms with Crippen molar-refractivity contribution in [2.45, 2.75) is 19.6 Å². The van der Waals surface area contributed by atoms with Gasteiger partial charge in [0.05, 0.1) is 28.4 Å². The number of ether oxygens (including phenoxy) is 1. The quantitative estimate of drug-likeness (QED) is 0.378. The topological polar surface area (TPSA) is 100 Å².